The minimum atomic E-state index is -0.274. The Kier molecular flexibility index (Phi) is 7.55. The molecule has 24 heavy (non-hydrogen) atoms. The van der Waals surface area contributed by atoms with Crippen molar-refractivity contribution in [3.8, 4) is 0 Å². The third-order valence-corrected chi connectivity index (χ3v) is 4.91. The van der Waals surface area contributed by atoms with Gasteiger partial charge in [0.15, 0.2) is 0 Å². The number of methoxy groups -OCH3 is 1. The maximum Gasteiger partial charge on any atom is 0.227 e. The average Bonchev–Trinajstić information content (AvgIpc) is 2.62. The van der Waals surface area contributed by atoms with Crippen LogP contribution < -0.4 is 11.1 Å². The van der Waals surface area contributed by atoms with Gasteiger partial charge >= 0.3 is 0 Å². The molecule has 1 unspecified atom stereocenters. The normalized spacial score (nSPS) is 15.8. The molecule has 132 valence electrons. The van der Waals surface area contributed by atoms with E-state index < -0.39 is 0 Å². The van der Waals surface area contributed by atoms with E-state index in [0.717, 1.165) is 30.2 Å². The second-order valence-corrected chi connectivity index (χ2v) is 6.94. The zero-order valence-electron chi connectivity index (χ0n) is 14.0. The van der Waals surface area contributed by atoms with Crippen LogP contribution >= 0.6 is 11.8 Å². The summed E-state index contributed by atoms with van der Waals surface area (Å²) in [7, 11) is 1.54. The number of thioether (sulfide) groups is 1. The first-order valence-electron chi connectivity index (χ1n) is 8.09. The van der Waals surface area contributed by atoms with E-state index >= 15 is 0 Å². The first-order chi connectivity index (χ1) is 11.6. The van der Waals surface area contributed by atoms with Crippen molar-refractivity contribution in [3.05, 3.63) is 29.8 Å². The number of carbonyl (C=O) groups is 2. The van der Waals surface area contributed by atoms with E-state index in [1.165, 1.54) is 7.11 Å². The summed E-state index contributed by atoms with van der Waals surface area (Å²) in [4.78, 5) is 26.1. The Hall–Kier alpha value is -1.57. The van der Waals surface area contributed by atoms with Gasteiger partial charge in [0.25, 0.3) is 0 Å². The second kappa shape index (κ2) is 9.66. The van der Waals surface area contributed by atoms with Gasteiger partial charge < -0.3 is 20.7 Å². The molecule has 3 N–H and O–H groups in total. The highest BCUT2D eigenvalue weighted by molar-refractivity contribution is 7.99. The third kappa shape index (κ3) is 5.81. The van der Waals surface area contributed by atoms with Crippen molar-refractivity contribution in [2.45, 2.75) is 18.9 Å². The van der Waals surface area contributed by atoms with Gasteiger partial charge in [-0.2, -0.15) is 11.8 Å². The van der Waals surface area contributed by atoms with Gasteiger partial charge in [0.2, 0.25) is 11.8 Å². The van der Waals surface area contributed by atoms with Gasteiger partial charge in [-0.25, -0.2) is 0 Å². The van der Waals surface area contributed by atoms with Crippen LogP contribution in [0.2, 0.25) is 0 Å². The van der Waals surface area contributed by atoms with Crippen LogP contribution in [-0.2, 0) is 20.7 Å². The van der Waals surface area contributed by atoms with Gasteiger partial charge in [-0.3, -0.25) is 9.59 Å². The van der Waals surface area contributed by atoms with E-state index in [2.05, 4.69) is 5.32 Å². The molecule has 1 aromatic rings. The van der Waals surface area contributed by atoms with Crippen molar-refractivity contribution in [1.82, 2.24) is 4.90 Å². The Morgan fingerprint density at radius 2 is 1.96 bits per heavy atom. The van der Waals surface area contributed by atoms with Crippen LogP contribution in [0.4, 0.5) is 5.69 Å². The number of benzene rings is 1. The van der Waals surface area contributed by atoms with Gasteiger partial charge in [0, 0.05) is 43.9 Å². The molecular formula is C17H25N3O3S. The molecule has 7 heteroatoms. The van der Waals surface area contributed by atoms with Crippen molar-refractivity contribution in [2.75, 3.05) is 43.6 Å². The van der Waals surface area contributed by atoms with Gasteiger partial charge in [-0.15, -0.1) is 0 Å². The predicted octanol–water partition coefficient (Wildman–Crippen LogP) is 1.11. The fraction of sp³-hybridized carbons (Fsp3) is 0.529. The summed E-state index contributed by atoms with van der Waals surface area (Å²) in [5.41, 5.74) is 7.17. The highest BCUT2D eigenvalue weighted by atomic mass is 32.2. The molecule has 6 nitrogen and oxygen atoms in total. The lowest BCUT2D eigenvalue weighted by molar-refractivity contribution is -0.130. The molecule has 1 saturated heterocycles. The molecular weight excluding hydrogens is 326 g/mol. The summed E-state index contributed by atoms with van der Waals surface area (Å²) < 4.78 is 5.10. The Morgan fingerprint density at radius 3 is 2.54 bits per heavy atom. The fourth-order valence-corrected chi connectivity index (χ4v) is 3.39. The van der Waals surface area contributed by atoms with Crippen LogP contribution in [0.3, 0.4) is 0 Å². The molecule has 1 aliphatic rings. The van der Waals surface area contributed by atoms with Crippen molar-refractivity contribution in [1.29, 1.82) is 0 Å². The molecule has 1 heterocycles. The van der Waals surface area contributed by atoms with E-state index in [-0.39, 0.29) is 24.3 Å². The zero-order chi connectivity index (χ0) is 17.4. The Balaban J connectivity index is 1.83. The van der Waals surface area contributed by atoms with Crippen molar-refractivity contribution >= 4 is 29.3 Å². The molecule has 1 aromatic carbocycles. The smallest absolute Gasteiger partial charge is 0.227 e. The summed E-state index contributed by atoms with van der Waals surface area (Å²) >= 11 is 1.89. The lowest BCUT2D eigenvalue weighted by Crippen LogP contribution is -2.38. The molecule has 0 bridgehead atoms. The monoisotopic (exact) mass is 351 g/mol. The van der Waals surface area contributed by atoms with Gasteiger partial charge in [0.05, 0.1) is 18.9 Å². The van der Waals surface area contributed by atoms with Crippen LogP contribution in [0.25, 0.3) is 0 Å². The number of hydrogen-bond acceptors (Lipinski definition) is 5. The molecule has 0 radical (unpaired) electrons. The summed E-state index contributed by atoms with van der Waals surface area (Å²) in [5, 5.41) is 2.81. The van der Waals surface area contributed by atoms with E-state index in [9.17, 15) is 9.59 Å². The fourth-order valence-electron chi connectivity index (χ4n) is 2.49. The lowest BCUT2D eigenvalue weighted by atomic mass is 10.1. The minimum Gasteiger partial charge on any atom is -0.380 e. The molecule has 1 fully saturated rings. The third-order valence-electron chi connectivity index (χ3n) is 3.97. The van der Waals surface area contributed by atoms with Gasteiger partial charge in [-0.1, -0.05) is 12.1 Å². The van der Waals surface area contributed by atoms with Crippen LogP contribution in [0, 0.1) is 0 Å². The van der Waals surface area contributed by atoms with E-state index in [1.807, 2.05) is 40.9 Å². The molecule has 1 atom stereocenters. The summed E-state index contributed by atoms with van der Waals surface area (Å²) in [6, 6.07) is 7.39. The minimum absolute atomic E-state index is 0.137. The number of carbonyl (C=O) groups excluding carboxylic acids is 2. The lowest BCUT2D eigenvalue weighted by Gasteiger charge is -2.26. The second-order valence-electron chi connectivity index (χ2n) is 5.71. The molecule has 2 amide bonds. The standard InChI is InChI=1S/C17H25N3O3S/c1-23-15(12-18)11-16(21)19-14-4-2-13(3-5-14)10-17(22)20-6-8-24-9-7-20/h2-5,15H,6-12,18H2,1H3,(H,19,21). The quantitative estimate of drug-likeness (QED) is 0.769. The Bertz CT molecular complexity index is 541. The maximum atomic E-state index is 12.2. The predicted molar refractivity (Wildman–Crippen MR) is 97.1 cm³/mol. The van der Waals surface area contributed by atoms with Crippen LogP contribution in [0.5, 0.6) is 0 Å². The van der Waals surface area contributed by atoms with E-state index in [0.29, 0.717) is 18.7 Å². The highest BCUT2D eigenvalue weighted by Gasteiger charge is 2.17. The van der Waals surface area contributed by atoms with E-state index in [4.69, 9.17) is 10.5 Å². The van der Waals surface area contributed by atoms with Crippen molar-refractivity contribution < 1.29 is 14.3 Å². The summed E-state index contributed by atoms with van der Waals surface area (Å²) in [6.07, 6.45) is 0.350. The Labute approximate surface area is 147 Å². The number of nitrogens with one attached hydrogen (secondary N) is 1. The number of nitrogens with zero attached hydrogens (tertiary/aromatic N) is 1. The van der Waals surface area contributed by atoms with Gasteiger partial charge in [0.1, 0.15) is 0 Å². The molecule has 1 aliphatic heterocycles. The molecule has 0 saturated carbocycles. The zero-order valence-corrected chi connectivity index (χ0v) is 14.8. The number of ether oxygens (including phenoxy) is 1. The number of hydrogen-bond donors (Lipinski definition) is 2. The van der Waals surface area contributed by atoms with Crippen molar-refractivity contribution in [2.24, 2.45) is 5.73 Å². The first-order valence-corrected chi connectivity index (χ1v) is 9.25. The van der Waals surface area contributed by atoms with Crippen LogP contribution in [0.1, 0.15) is 12.0 Å². The SMILES string of the molecule is COC(CN)CC(=O)Nc1ccc(CC(=O)N2CCSCC2)cc1. The number of anilines is 1. The first kappa shape index (κ1) is 18.8. The summed E-state index contributed by atoms with van der Waals surface area (Å²) in [5.74, 6) is 2.06. The van der Waals surface area contributed by atoms with Crippen LogP contribution in [0.15, 0.2) is 24.3 Å². The average molecular weight is 351 g/mol. The van der Waals surface area contributed by atoms with Crippen molar-refractivity contribution in [3.63, 3.8) is 0 Å². The highest BCUT2D eigenvalue weighted by Crippen LogP contribution is 2.14. The summed E-state index contributed by atoms with van der Waals surface area (Å²) in [6.45, 7) is 1.97. The largest absolute Gasteiger partial charge is 0.380 e. The van der Waals surface area contributed by atoms with Gasteiger partial charge in [-0.05, 0) is 17.7 Å². The van der Waals surface area contributed by atoms with E-state index in [1.54, 1.807) is 0 Å². The maximum absolute atomic E-state index is 12.2. The Morgan fingerprint density at radius 1 is 1.29 bits per heavy atom. The number of nitrogens with two attached hydrogens (primary N) is 1. The topological polar surface area (TPSA) is 84.7 Å². The molecule has 2 rings (SSSR count). The van der Waals surface area contributed by atoms with Crippen LogP contribution in [-0.4, -0.2) is 61.1 Å². The molecule has 0 spiro atoms. The number of rotatable bonds is 7. The molecule has 0 aliphatic carbocycles. The molecule has 0 aromatic heterocycles. The number of amides is 2.